The summed E-state index contributed by atoms with van der Waals surface area (Å²) in [5, 5.41) is 10.6. The first-order valence-corrected chi connectivity index (χ1v) is 6.97. The zero-order valence-electron chi connectivity index (χ0n) is 12.2. The van der Waals surface area contributed by atoms with Gasteiger partial charge in [-0.1, -0.05) is 36.4 Å². The second-order valence-corrected chi connectivity index (χ2v) is 4.88. The molecule has 0 aliphatic heterocycles. The molecule has 1 aromatic carbocycles. The molecule has 0 bridgehead atoms. The van der Waals surface area contributed by atoms with Crippen LogP contribution in [0.4, 0.5) is 0 Å². The highest BCUT2D eigenvalue weighted by atomic mass is 16.5. The van der Waals surface area contributed by atoms with Gasteiger partial charge in [0.15, 0.2) is 0 Å². The molecule has 22 heavy (non-hydrogen) atoms. The van der Waals surface area contributed by atoms with Crippen LogP contribution in [-0.4, -0.2) is 22.2 Å². The van der Waals surface area contributed by atoms with Gasteiger partial charge in [0.25, 0.3) is 0 Å². The molecule has 0 amide bonds. The number of ether oxygens (including phenoxy) is 1. The summed E-state index contributed by atoms with van der Waals surface area (Å²) >= 11 is 0. The number of hydrogen-bond acceptors (Lipinski definition) is 4. The monoisotopic (exact) mass is 292 g/mol. The van der Waals surface area contributed by atoms with Crippen molar-refractivity contribution in [3.63, 3.8) is 0 Å². The number of methoxy groups -OCH3 is 1. The first-order valence-electron chi connectivity index (χ1n) is 6.97. The molecule has 1 N–H and O–H groups in total. The summed E-state index contributed by atoms with van der Waals surface area (Å²) in [5.74, 6) is 0.413. The number of benzene rings is 1. The van der Waals surface area contributed by atoms with Gasteiger partial charge in [-0.05, 0) is 17.7 Å². The van der Waals surface area contributed by atoms with Crippen molar-refractivity contribution in [1.29, 1.82) is 0 Å². The summed E-state index contributed by atoms with van der Waals surface area (Å²) in [6.45, 7) is 0. The molecule has 110 valence electrons. The highest BCUT2D eigenvalue weighted by molar-refractivity contribution is 5.64. The minimum atomic E-state index is -0.834. The molecule has 3 rings (SSSR count). The second kappa shape index (κ2) is 6.37. The van der Waals surface area contributed by atoms with Crippen molar-refractivity contribution in [1.82, 2.24) is 9.97 Å². The van der Waals surface area contributed by atoms with Crippen molar-refractivity contribution in [3.8, 4) is 17.0 Å². The third-order valence-corrected chi connectivity index (χ3v) is 3.47. The third kappa shape index (κ3) is 2.82. The second-order valence-electron chi connectivity index (χ2n) is 4.88. The molecular weight excluding hydrogens is 276 g/mol. The molecule has 0 spiro atoms. The lowest BCUT2D eigenvalue weighted by Crippen LogP contribution is -2.04. The normalized spacial score (nSPS) is 11.9. The van der Waals surface area contributed by atoms with E-state index < -0.39 is 6.10 Å². The fourth-order valence-corrected chi connectivity index (χ4v) is 2.34. The van der Waals surface area contributed by atoms with Crippen LogP contribution in [0.5, 0.6) is 5.88 Å². The summed E-state index contributed by atoms with van der Waals surface area (Å²) in [4.78, 5) is 8.36. The van der Waals surface area contributed by atoms with Crippen LogP contribution in [0.15, 0.2) is 67.1 Å². The Balaban J connectivity index is 2.06. The summed E-state index contributed by atoms with van der Waals surface area (Å²) in [6.07, 6.45) is 4.22. The van der Waals surface area contributed by atoms with Crippen LogP contribution < -0.4 is 4.74 Å². The van der Waals surface area contributed by atoms with Crippen molar-refractivity contribution in [2.24, 2.45) is 0 Å². The lowest BCUT2D eigenvalue weighted by molar-refractivity contribution is 0.213. The maximum atomic E-state index is 10.6. The minimum Gasteiger partial charge on any atom is -0.481 e. The van der Waals surface area contributed by atoms with Gasteiger partial charge in [-0.3, -0.25) is 4.98 Å². The van der Waals surface area contributed by atoms with E-state index in [-0.39, 0.29) is 0 Å². The topological polar surface area (TPSA) is 55.2 Å². The van der Waals surface area contributed by atoms with Gasteiger partial charge in [0.1, 0.15) is 6.10 Å². The molecule has 3 aromatic rings. The number of aromatic nitrogens is 2. The maximum Gasteiger partial charge on any atom is 0.219 e. The third-order valence-electron chi connectivity index (χ3n) is 3.47. The quantitative estimate of drug-likeness (QED) is 0.802. The van der Waals surface area contributed by atoms with Gasteiger partial charge < -0.3 is 9.84 Å². The molecule has 2 heterocycles. The molecule has 0 aliphatic rings. The zero-order valence-corrected chi connectivity index (χ0v) is 12.2. The lowest BCUT2D eigenvalue weighted by Gasteiger charge is -2.15. The smallest absolute Gasteiger partial charge is 0.219 e. The van der Waals surface area contributed by atoms with Crippen LogP contribution in [0, 0.1) is 0 Å². The van der Waals surface area contributed by atoms with E-state index in [2.05, 4.69) is 9.97 Å². The van der Waals surface area contributed by atoms with E-state index in [0.717, 1.165) is 11.1 Å². The van der Waals surface area contributed by atoms with Gasteiger partial charge in [0, 0.05) is 35.3 Å². The lowest BCUT2D eigenvalue weighted by atomic mass is 10.00. The average molecular weight is 292 g/mol. The minimum absolute atomic E-state index is 0.413. The number of aliphatic hydroxyl groups is 1. The molecule has 4 nitrogen and oxygen atoms in total. The first-order chi connectivity index (χ1) is 10.8. The predicted octanol–water partition coefficient (Wildman–Crippen LogP) is 3.23. The van der Waals surface area contributed by atoms with Gasteiger partial charge in [0.2, 0.25) is 5.88 Å². The molecule has 0 saturated heterocycles. The molecule has 4 heteroatoms. The standard InChI is InChI=1S/C18H16N2O2/c1-22-18-16(17(21)14-8-5-9-19-11-14)10-15(12-20-18)13-6-3-2-4-7-13/h2-12,17,21H,1H3. The molecule has 0 saturated carbocycles. The van der Waals surface area contributed by atoms with E-state index in [1.165, 1.54) is 0 Å². The van der Waals surface area contributed by atoms with Gasteiger partial charge in [-0.2, -0.15) is 0 Å². The number of nitrogens with zero attached hydrogens (tertiary/aromatic N) is 2. The molecule has 0 radical (unpaired) electrons. The van der Waals surface area contributed by atoms with Crippen molar-refractivity contribution in [2.45, 2.75) is 6.10 Å². The van der Waals surface area contributed by atoms with Crippen LogP contribution in [0.2, 0.25) is 0 Å². The summed E-state index contributed by atoms with van der Waals surface area (Å²) in [5.41, 5.74) is 3.29. The molecule has 0 fully saturated rings. The Morgan fingerprint density at radius 1 is 1.00 bits per heavy atom. The van der Waals surface area contributed by atoms with Crippen molar-refractivity contribution < 1.29 is 9.84 Å². The van der Waals surface area contributed by atoms with Crippen molar-refractivity contribution in [3.05, 3.63) is 78.2 Å². The van der Waals surface area contributed by atoms with Gasteiger partial charge in [-0.25, -0.2) is 4.98 Å². The fraction of sp³-hybridized carbons (Fsp3) is 0.111. The number of pyridine rings is 2. The van der Waals surface area contributed by atoms with Crippen LogP contribution in [-0.2, 0) is 0 Å². The van der Waals surface area contributed by atoms with Crippen LogP contribution in [0.1, 0.15) is 17.2 Å². The van der Waals surface area contributed by atoms with Crippen LogP contribution in [0.25, 0.3) is 11.1 Å². The van der Waals surface area contributed by atoms with Gasteiger partial charge in [-0.15, -0.1) is 0 Å². The maximum absolute atomic E-state index is 10.6. The first kappa shape index (κ1) is 14.2. The van der Waals surface area contributed by atoms with E-state index in [1.54, 1.807) is 31.8 Å². The van der Waals surface area contributed by atoms with Crippen molar-refractivity contribution >= 4 is 0 Å². The SMILES string of the molecule is COc1ncc(-c2ccccc2)cc1C(O)c1cccnc1. The Labute approximate surface area is 129 Å². The molecule has 2 aromatic heterocycles. The molecule has 1 atom stereocenters. The van der Waals surface area contributed by atoms with E-state index in [1.807, 2.05) is 42.5 Å². The molecular formula is C18H16N2O2. The van der Waals surface area contributed by atoms with Crippen molar-refractivity contribution in [2.75, 3.05) is 7.11 Å². The Morgan fingerprint density at radius 3 is 2.50 bits per heavy atom. The Morgan fingerprint density at radius 2 is 1.82 bits per heavy atom. The van der Waals surface area contributed by atoms with E-state index in [0.29, 0.717) is 17.0 Å². The highest BCUT2D eigenvalue weighted by Crippen LogP contribution is 2.31. The predicted molar refractivity (Wildman–Crippen MR) is 84.5 cm³/mol. The number of hydrogen-bond donors (Lipinski definition) is 1. The molecule has 0 aliphatic carbocycles. The van der Waals surface area contributed by atoms with Crippen LogP contribution in [0.3, 0.4) is 0 Å². The van der Waals surface area contributed by atoms with Crippen LogP contribution >= 0.6 is 0 Å². The number of rotatable bonds is 4. The summed E-state index contributed by atoms with van der Waals surface area (Å²) in [6, 6.07) is 15.4. The van der Waals surface area contributed by atoms with E-state index >= 15 is 0 Å². The highest BCUT2D eigenvalue weighted by Gasteiger charge is 2.18. The van der Waals surface area contributed by atoms with Gasteiger partial charge >= 0.3 is 0 Å². The Bertz CT molecular complexity index is 746. The van der Waals surface area contributed by atoms with E-state index in [9.17, 15) is 5.11 Å². The Hall–Kier alpha value is -2.72. The fourth-order valence-electron chi connectivity index (χ4n) is 2.34. The zero-order chi connectivity index (χ0) is 15.4. The molecule has 1 unspecified atom stereocenters. The van der Waals surface area contributed by atoms with Gasteiger partial charge in [0.05, 0.1) is 7.11 Å². The van der Waals surface area contributed by atoms with E-state index in [4.69, 9.17) is 4.74 Å². The Kier molecular flexibility index (Phi) is 4.12. The largest absolute Gasteiger partial charge is 0.481 e. The summed E-state index contributed by atoms with van der Waals surface area (Å²) < 4.78 is 5.29. The average Bonchev–Trinajstić information content (AvgIpc) is 2.62. The number of aliphatic hydroxyl groups excluding tert-OH is 1. The summed E-state index contributed by atoms with van der Waals surface area (Å²) in [7, 11) is 1.55.